The second-order valence-corrected chi connectivity index (χ2v) is 11.3. The summed E-state index contributed by atoms with van der Waals surface area (Å²) in [6.07, 6.45) is 3.54. The fourth-order valence-electron chi connectivity index (χ4n) is 4.83. The zero-order valence-electron chi connectivity index (χ0n) is 18.7. The molecule has 0 bridgehead atoms. The van der Waals surface area contributed by atoms with Gasteiger partial charge >= 0.3 is 0 Å². The van der Waals surface area contributed by atoms with Crippen molar-refractivity contribution in [1.29, 1.82) is 0 Å². The van der Waals surface area contributed by atoms with Crippen LogP contribution in [0.1, 0.15) is 22.7 Å². The van der Waals surface area contributed by atoms with E-state index in [0.29, 0.717) is 5.75 Å². The van der Waals surface area contributed by atoms with Gasteiger partial charge in [0.25, 0.3) is 0 Å². The molecule has 2 aliphatic rings. The number of rotatable bonds is 5. The second kappa shape index (κ2) is 9.29. The summed E-state index contributed by atoms with van der Waals surface area (Å²) in [7, 11) is 0. The van der Waals surface area contributed by atoms with Gasteiger partial charge in [-0.2, -0.15) is 0 Å². The standard InChI is InChI=1S/C26H25ClN4OS2/c27-17-4-10-20(11-5-17)33-16-23-28-25(24-21-2-1-3-22(21)34-26(24)29-23)31-14-12-30(13-15-31)18-6-8-19(32)9-7-18/h4-11,32H,1-3,12-16H2. The molecule has 1 N–H and O–H groups in total. The van der Waals surface area contributed by atoms with Crippen molar-refractivity contribution in [2.75, 3.05) is 36.0 Å². The summed E-state index contributed by atoms with van der Waals surface area (Å²) in [6.45, 7) is 3.69. The number of aromatic hydroxyl groups is 1. The minimum Gasteiger partial charge on any atom is -0.508 e. The quantitative estimate of drug-likeness (QED) is 0.326. The van der Waals surface area contributed by atoms with Gasteiger partial charge in [0, 0.05) is 46.7 Å². The number of benzene rings is 2. The Hall–Kier alpha value is -2.48. The van der Waals surface area contributed by atoms with Crippen molar-refractivity contribution in [2.45, 2.75) is 29.9 Å². The Morgan fingerprint density at radius 3 is 2.41 bits per heavy atom. The molecule has 5 nitrogen and oxygen atoms in total. The first-order valence-corrected chi connectivity index (χ1v) is 13.8. The number of aromatic nitrogens is 2. The van der Waals surface area contributed by atoms with Gasteiger partial charge in [-0.3, -0.25) is 0 Å². The molecule has 8 heteroatoms. The number of hydrogen-bond acceptors (Lipinski definition) is 7. The van der Waals surface area contributed by atoms with E-state index < -0.39 is 0 Å². The van der Waals surface area contributed by atoms with Gasteiger partial charge in [0.15, 0.2) is 0 Å². The Labute approximate surface area is 212 Å². The fraction of sp³-hybridized carbons (Fsp3) is 0.308. The number of piperazine rings is 1. The lowest BCUT2D eigenvalue weighted by molar-refractivity contribution is 0.475. The summed E-state index contributed by atoms with van der Waals surface area (Å²) in [5.41, 5.74) is 2.63. The first-order valence-electron chi connectivity index (χ1n) is 11.6. The normalized spacial score (nSPS) is 15.8. The monoisotopic (exact) mass is 508 g/mol. The van der Waals surface area contributed by atoms with Crippen LogP contribution in [0.2, 0.25) is 5.02 Å². The van der Waals surface area contributed by atoms with Crippen molar-refractivity contribution in [3.63, 3.8) is 0 Å². The molecule has 1 saturated heterocycles. The van der Waals surface area contributed by atoms with Crippen molar-refractivity contribution in [3.8, 4) is 5.75 Å². The summed E-state index contributed by atoms with van der Waals surface area (Å²) in [6, 6.07) is 15.5. The number of anilines is 2. The third-order valence-corrected chi connectivity index (χ3v) is 9.01. The van der Waals surface area contributed by atoms with Crippen LogP contribution in [-0.2, 0) is 18.6 Å². The first-order chi connectivity index (χ1) is 16.6. The number of thiophene rings is 1. The highest BCUT2D eigenvalue weighted by Gasteiger charge is 2.27. The summed E-state index contributed by atoms with van der Waals surface area (Å²) in [4.78, 5) is 18.8. The summed E-state index contributed by atoms with van der Waals surface area (Å²) in [5, 5.41) is 11.7. The predicted octanol–water partition coefficient (Wildman–Crippen LogP) is 6.16. The number of phenols is 1. The highest BCUT2D eigenvalue weighted by molar-refractivity contribution is 7.98. The molecule has 1 aliphatic carbocycles. The Bertz CT molecular complexity index is 1320. The number of hydrogen-bond donors (Lipinski definition) is 1. The van der Waals surface area contributed by atoms with E-state index in [9.17, 15) is 5.11 Å². The first kappa shape index (κ1) is 22.0. The van der Waals surface area contributed by atoms with Crippen molar-refractivity contribution in [3.05, 3.63) is 69.8 Å². The smallest absolute Gasteiger partial charge is 0.142 e. The van der Waals surface area contributed by atoms with Gasteiger partial charge in [-0.25, -0.2) is 9.97 Å². The molecule has 34 heavy (non-hydrogen) atoms. The SMILES string of the molecule is Oc1ccc(N2CCN(c3nc(CSc4ccc(Cl)cc4)nc4sc5c(c34)CCC5)CC2)cc1. The molecule has 1 aliphatic heterocycles. The molecule has 0 amide bonds. The average Bonchev–Trinajstić information content (AvgIpc) is 3.45. The number of thioether (sulfide) groups is 1. The number of halogens is 1. The lowest BCUT2D eigenvalue weighted by atomic mass is 10.1. The number of phenolic OH excluding ortho intramolecular Hbond substituents is 1. The lowest BCUT2D eigenvalue weighted by Crippen LogP contribution is -2.47. The second-order valence-electron chi connectivity index (χ2n) is 8.73. The molecule has 3 heterocycles. The van der Waals surface area contributed by atoms with E-state index in [2.05, 4.69) is 21.9 Å². The molecule has 2 aromatic carbocycles. The fourth-order valence-corrected chi connectivity index (χ4v) is 6.99. The van der Waals surface area contributed by atoms with Crippen molar-refractivity contribution >= 4 is 56.4 Å². The van der Waals surface area contributed by atoms with E-state index in [1.54, 1.807) is 23.9 Å². The third kappa shape index (κ3) is 4.32. The Kier molecular flexibility index (Phi) is 6.01. The van der Waals surface area contributed by atoms with Crippen LogP contribution in [0.5, 0.6) is 5.75 Å². The average molecular weight is 509 g/mol. The molecule has 174 valence electrons. The molecule has 6 rings (SSSR count). The van der Waals surface area contributed by atoms with Crippen LogP contribution in [0.15, 0.2) is 53.4 Å². The molecule has 2 aromatic heterocycles. The largest absolute Gasteiger partial charge is 0.508 e. The molecular formula is C26H25ClN4OS2. The van der Waals surface area contributed by atoms with E-state index in [-0.39, 0.29) is 0 Å². The Morgan fingerprint density at radius 1 is 0.912 bits per heavy atom. The van der Waals surface area contributed by atoms with Crippen molar-refractivity contribution in [2.24, 2.45) is 0 Å². The Morgan fingerprint density at radius 2 is 1.65 bits per heavy atom. The summed E-state index contributed by atoms with van der Waals surface area (Å²) >= 11 is 9.65. The predicted molar refractivity (Wildman–Crippen MR) is 143 cm³/mol. The number of aryl methyl sites for hydroxylation is 2. The Balaban J connectivity index is 1.27. The maximum atomic E-state index is 9.61. The highest BCUT2D eigenvalue weighted by atomic mass is 35.5. The van der Waals surface area contributed by atoms with Crippen LogP contribution < -0.4 is 9.80 Å². The molecular weight excluding hydrogens is 484 g/mol. The third-order valence-electron chi connectivity index (χ3n) is 6.57. The lowest BCUT2D eigenvalue weighted by Gasteiger charge is -2.37. The summed E-state index contributed by atoms with van der Waals surface area (Å²) < 4.78 is 0. The topological polar surface area (TPSA) is 52.5 Å². The molecule has 0 radical (unpaired) electrons. The zero-order chi connectivity index (χ0) is 23.1. The van der Waals surface area contributed by atoms with Crippen LogP contribution in [0.3, 0.4) is 0 Å². The van der Waals surface area contributed by atoms with E-state index in [1.165, 1.54) is 33.6 Å². The van der Waals surface area contributed by atoms with E-state index in [1.807, 2.05) is 35.6 Å². The minimum absolute atomic E-state index is 0.307. The molecule has 1 fully saturated rings. The zero-order valence-corrected chi connectivity index (χ0v) is 21.1. The minimum atomic E-state index is 0.307. The maximum absolute atomic E-state index is 9.61. The van der Waals surface area contributed by atoms with Crippen LogP contribution in [0.25, 0.3) is 10.2 Å². The van der Waals surface area contributed by atoms with E-state index >= 15 is 0 Å². The van der Waals surface area contributed by atoms with Gasteiger partial charge in [0.05, 0.1) is 11.1 Å². The van der Waals surface area contributed by atoms with Crippen LogP contribution >= 0.6 is 34.7 Å². The van der Waals surface area contributed by atoms with Crippen molar-refractivity contribution in [1.82, 2.24) is 9.97 Å². The molecule has 4 aromatic rings. The van der Waals surface area contributed by atoms with Gasteiger partial charge in [-0.05, 0) is 73.4 Å². The van der Waals surface area contributed by atoms with Crippen LogP contribution in [0.4, 0.5) is 11.5 Å². The van der Waals surface area contributed by atoms with Gasteiger partial charge in [-0.15, -0.1) is 23.1 Å². The van der Waals surface area contributed by atoms with Gasteiger partial charge in [0.2, 0.25) is 0 Å². The maximum Gasteiger partial charge on any atom is 0.142 e. The van der Waals surface area contributed by atoms with Crippen LogP contribution in [-0.4, -0.2) is 41.3 Å². The highest BCUT2D eigenvalue weighted by Crippen LogP contribution is 2.41. The van der Waals surface area contributed by atoms with Crippen LogP contribution in [0, 0.1) is 0 Å². The van der Waals surface area contributed by atoms with Gasteiger partial charge < -0.3 is 14.9 Å². The molecule has 0 unspecified atom stereocenters. The summed E-state index contributed by atoms with van der Waals surface area (Å²) in [5.74, 6) is 3.05. The number of fused-ring (bicyclic) bond motifs is 3. The van der Waals surface area contributed by atoms with Gasteiger partial charge in [0.1, 0.15) is 22.2 Å². The van der Waals surface area contributed by atoms with Crippen molar-refractivity contribution < 1.29 is 5.11 Å². The van der Waals surface area contributed by atoms with Gasteiger partial charge in [-0.1, -0.05) is 11.6 Å². The van der Waals surface area contributed by atoms with E-state index in [0.717, 1.165) is 65.5 Å². The molecule has 0 spiro atoms. The number of nitrogens with zero attached hydrogens (tertiary/aromatic N) is 4. The molecule has 0 atom stereocenters. The van der Waals surface area contributed by atoms with E-state index in [4.69, 9.17) is 21.6 Å². The molecule has 0 saturated carbocycles.